The second kappa shape index (κ2) is 5.65. The largest absolute Gasteiger partial charge is 0.345 e. The number of para-hydroxylation sites is 1. The van der Waals surface area contributed by atoms with Gasteiger partial charge in [-0.05, 0) is 12.1 Å². The highest BCUT2D eigenvalue weighted by Crippen LogP contribution is 2.13. The number of anilines is 1. The molecule has 0 aliphatic heterocycles. The van der Waals surface area contributed by atoms with Gasteiger partial charge in [0.15, 0.2) is 5.43 Å². The van der Waals surface area contributed by atoms with Crippen molar-refractivity contribution in [3.63, 3.8) is 0 Å². The molecule has 0 spiro atoms. The zero-order chi connectivity index (χ0) is 13.7. The highest BCUT2D eigenvalue weighted by atomic mass is 16.2. The van der Waals surface area contributed by atoms with Crippen molar-refractivity contribution in [1.29, 1.82) is 5.26 Å². The number of carbonyl (C=O) groups excluding carboxylic acids is 1. The van der Waals surface area contributed by atoms with Crippen molar-refractivity contribution in [2.45, 2.75) is 6.54 Å². The van der Waals surface area contributed by atoms with Crippen LogP contribution in [0.5, 0.6) is 0 Å². The summed E-state index contributed by atoms with van der Waals surface area (Å²) in [6.07, 6.45) is 3.08. The molecule has 0 aliphatic carbocycles. The van der Waals surface area contributed by atoms with Crippen molar-refractivity contribution >= 4 is 11.6 Å². The normalized spacial score (nSPS) is 9.63. The molecule has 1 aromatic carbocycles. The maximum Gasteiger partial charge on any atom is 0.244 e. The van der Waals surface area contributed by atoms with Gasteiger partial charge in [-0.2, -0.15) is 5.26 Å². The number of aromatic nitrogens is 1. The van der Waals surface area contributed by atoms with Gasteiger partial charge >= 0.3 is 0 Å². The van der Waals surface area contributed by atoms with Crippen LogP contribution in [0.25, 0.3) is 0 Å². The third kappa shape index (κ3) is 3.30. The van der Waals surface area contributed by atoms with Crippen molar-refractivity contribution in [1.82, 2.24) is 4.57 Å². The van der Waals surface area contributed by atoms with Gasteiger partial charge in [-0.1, -0.05) is 12.1 Å². The average Bonchev–Trinajstić information content (AvgIpc) is 2.42. The number of pyridine rings is 1. The third-order valence-electron chi connectivity index (χ3n) is 2.51. The molecule has 5 nitrogen and oxygen atoms in total. The number of benzene rings is 1. The summed E-state index contributed by atoms with van der Waals surface area (Å²) in [5.41, 5.74) is 0.790. The van der Waals surface area contributed by atoms with Crippen molar-refractivity contribution in [2.75, 3.05) is 5.32 Å². The summed E-state index contributed by atoms with van der Waals surface area (Å²) in [6, 6.07) is 11.6. The van der Waals surface area contributed by atoms with Crippen molar-refractivity contribution in [3.05, 3.63) is 64.6 Å². The lowest BCUT2D eigenvalue weighted by Gasteiger charge is -2.08. The van der Waals surface area contributed by atoms with Gasteiger partial charge in [-0.25, -0.2) is 0 Å². The van der Waals surface area contributed by atoms with E-state index in [-0.39, 0.29) is 17.9 Å². The first-order valence-corrected chi connectivity index (χ1v) is 5.64. The van der Waals surface area contributed by atoms with E-state index in [0.717, 1.165) is 0 Å². The fraction of sp³-hybridized carbons (Fsp3) is 0.0714. The standard InChI is InChI=1S/C14H11N3O2/c15-9-11-3-1-2-4-13(11)16-14(19)10-17-7-5-12(18)6-8-17/h1-8H,10H2,(H,16,19). The molecule has 1 amide bonds. The van der Waals surface area contributed by atoms with Crippen LogP contribution in [0.1, 0.15) is 5.56 Å². The van der Waals surface area contributed by atoms with E-state index < -0.39 is 0 Å². The van der Waals surface area contributed by atoms with Crippen LogP contribution < -0.4 is 10.7 Å². The van der Waals surface area contributed by atoms with Gasteiger partial charge in [0.1, 0.15) is 12.6 Å². The summed E-state index contributed by atoms with van der Waals surface area (Å²) in [4.78, 5) is 22.7. The van der Waals surface area contributed by atoms with Gasteiger partial charge in [-0.15, -0.1) is 0 Å². The molecule has 1 N–H and O–H groups in total. The Morgan fingerprint density at radius 2 is 1.89 bits per heavy atom. The summed E-state index contributed by atoms with van der Waals surface area (Å²) in [5.74, 6) is -0.258. The lowest BCUT2D eigenvalue weighted by molar-refractivity contribution is -0.116. The molecule has 0 fully saturated rings. The van der Waals surface area contributed by atoms with Crippen LogP contribution >= 0.6 is 0 Å². The minimum atomic E-state index is -0.258. The number of rotatable bonds is 3. The Morgan fingerprint density at radius 1 is 1.21 bits per heavy atom. The number of nitriles is 1. The monoisotopic (exact) mass is 253 g/mol. The molecule has 0 aliphatic rings. The number of hydrogen-bond acceptors (Lipinski definition) is 3. The second-order valence-corrected chi connectivity index (χ2v) is 3.91. The Morgan fingerprint density at radius 3 is 2.58 bits per heavy atom. The summed E-state index contributed by atoms with van der Waals surface area (Å²) in [5, 5.41) is 11.6. The Balaban J connectivity index is 2.08. The van der Waals surface area contributed by atoms with E-state index in [9.17, 15) is 9.59 Å². The topological polar surface area (TPSA) is 74.9 Å². The number of amides is 1. The molecule has 1 aromatic heterocycles. The molecule has 0 unspecified atom stereocenters. The predicted octanol–water partition coefficient (Wildman–Crippen LogP) is 1.36. The summed E-state index contributed by atoms with van der Waals surface area (Å²) < 4.78 is 1.59. The molecule has 0 bridgehead atoms. The van der Waals surface area contributed by atoms with E-state index in [0.29, 0.717) is 11.3 Å². The van der Waals surface area contributed by atoms with E-state index in [2.05, 4.69) is 5.32 Å². The number of hydrogen-bond donors (Lipinski definition) is 1. The second-order valence-electron chi connectivity index (χ2n) is 3.91. The average molecular weight is 253 g/mol. The fourth-order valence-corrected chi connectivity index (χ4v) is 1.59. The molecule has 0 saturated carbocycles. The minimum Gasteiger partial charge on any atom is -0.345 e. The highest BCUT2D eigenvalue weighted by molar-refractivity contribution is 5.91. The Hall–Kier alpha value is -2.87. The number of nitrogens with zero attached hydrogens (tertiary/aromatic N) is 2. The molecule has 5 heteroatoms. The van der Waals surface area contributed by atoms with Gasteiger partial charge in [-0.3, -0.25) is 9.59 Å². The van der Waals surface area contributed by atoms with E-state index in [1.54, 1.807) is 28.8 Å². The fourth-order valence-electron chi connectivity index (χ4n) is 1.59. The maximum absolute atomic E-state index is 11.8. The van der Waals surface area contributed by atoms with Crippen molar-refractivity contribution in [2.24, 2.45) is 0 Å². The molecular formula is C14H11N3O2. The Kier molecular flexibility index (Phi) is 3.74. The molecule has 19 heavy (non-hydrogen) atoms. The molecule has 0 saturated heterocycles. The van der Waals surface area contributed by atoms with Gasteiger partial charge in [0.05, 0.1) is 11.3 Å². The first kappa shape index (κ1) is 12.6. The predicted molar refractivity (Wildman–Crippen MR) is 70.5 cm³/mol. The quantitative estimate of drug-likeness (QED) is 0.897. The van der Waals surface area contributed by atoms with Crippen molar-refractivity contribution in [3.8, 4) is 6.07 Å². The summed E-state index contributed by atoms with van der Waals surface area (Å²) in [6.45, 7) is 0.0834. The van der Waals surface area contributed by atoms with Gasteiger partial charge < -0.3 is 9.88 Å². The summed E-state index contributed by atoms with van der Waals surface area (Å²) >= 11 is 0. The van der Waals surface area contributed by atoms with Crippen molar-refractivity contribution < 1.29 is 4.79 Å². The zero-order valence-electron chi connectivity index (χ0n) is 10.0. The van der Waals surface area contributed by atoms with E-state index in [1.165, 1.54) is 24.5 Å². The molecule has 0 atom stereocenters. The summed E-state index contributed by atoms with van der Waals surface area (Å²) in [7, 11) is 0. The first-order chi connectivity index (χ1) is 9.19. The SMILES string of the molecule is N#Cc1ccccc1NC(=O)Cn1ccc(=O)cc1. The number of nitrogens with one attached hydrogen (secondary N) is 1. The maximum atomic E-state index is 11.8. The van der Waals surface area contributed by atoms with E-state index in [1.807, 2.05) is 6.07 Å². The lowest BCUT2D eigenvalue weighted by Crippen LogP contribution is -2.19. The highest BCUT2D eigenvalue weighted by Gasteiger charge is 2.06. The molecular weight excluding hydrogens is 242 g/mol. The van der Waals surface area contributed by atoms with Gasteiger partial charge in [0, 0.05) is 24.5 Å². The third-order valence-corrected chi connectivity index (χ3v) is 2.51. The van der Waals surface area contributed by atoms with Crippen LogP contribution in [0.15, 0.2) is 53.6 Å². The number of carbonyl (C=O) groups is 1. The van der Waals surface area contributed by atoms with E-state index >= 15 is 0 Å². The lowest BCUT2D eigenvalue weighted by atomic mass is 10.2. The molecule has 0 radical (unpaired) electrons. The van der Waals surface area contributed by atoms with E-state index in [4.69, 9.17) is 5.26 Å². The van der Waals surface area contributed by atoms with Crippen LogP contribution in [0, 0.1) is 11.3 Å². The molecule has 2 rings (SSSR count). The molecule has 2 aromatic rings. The van der Waals surface area contributed by atoms with Crippen LogP contribution in [-0.4, -0.2) is 10.5 Å². The molecule has 1 heterocycles. The van der Waals surface area contributed by atoms with Crippen LogP contribution in [0.2, 0.25) is 0 Å². The first-order valence-electron chi connectivity index (χ1n) is 5.64. The smallest absolute Gasteiger partial charge is 0.244 e. The Bertz CT molecular complexity index is 678. The van der Waals surface area contributed by atoms with Crippen LogP contribution in [0.3, 0.4) is 0 Å². The minimum absolute atomic E-state index is 0.0834. The Labute approximate surface area is 109 Å². The van der Waals surface area contributed by atoms with Crippen LogP contribution in [-0.2, 0) is 11.3 Å². The zero-order valence-corrected chi connectivity index (χ0v) is 10.0. The van der Waals surface area contributed by atoms with Gasteiger partial charge in [0.25, 0.3) is 0 Å². The molecule has 94 valence electrons. The van der Waals surface area contributed by atoms with Gasteiger partial charge in [0.2, 0.25) is 5.91 Å². The van der Waals surface area contributed by atoms with Crippen LogP contribution in [0.4, 0.5) is 5.69 Å².